The molecular weight excluding hydrogens is 412 g/mol. The number of hydrogen-bond acceptors (Lipinski definition) is 4. The summed E-state index contributed by atoms with van der Waals surface area (Å²) < 4.78 is 13.3. The predicted molar refractivity (Wildman–Crippen MR) is 125 cm³/mol. The lowest BCUT2D eigenvalue weighted by molar-refractivity contribution is 0.158. The van der Waals surface area contributed by atoms with Crippen LogP contribution in [0.4, 0.5) is 0 Å². The highest BCUT2D eigenvalue weighted by Crippen LogP contribution is 2.38. The molecule has 1 N–H and O–H groups in total. The van der Waals surface area contributed by atoms with Crippen LogP contribution in [0, 0.1) is 5.92 Å². The third kappa shape index (κ3) is 4.83. The average molecular weight is 441 g/mol. The van der Waals surface area contributed by atoms with Crippen LogP contribution in [0.3, 0.4) is 0 Å². The summed E-state index contributed by atoms with van der Waals surface area (Å²) in [5, 5.41) is 11.5. The number of halogens is 1. The van der Waals surface area contributed by atoms with Gasteiger partial charge in [-0.1, -0.05) is 36.7 Å². The van der Waals surface area contributed by atoms with Gasteiger partial charge < -0.3 is 14.6 Å². The molecule has 6 heteroatoms. The Labute approximate surface area is 188 Å². The van der Waals surface area contributed by atoms with E-state index in [0.29, 0.717) is 28.7 Å². The van der Waals surface area contributed by atoms with E-state index in [4.69, 9.17) is 21.1 Å². The van der Waals surface area contributed by atoms with E-state index in [0.717, 1.165) is 36.8 Å². The molecule has 164 valence electrons. The molecule has 0 unspecified atom stereocenters. The van der Waals surface area contributed by atoms with Crippen molar-refractivity contribution in [1.29, 1.82) is 0 Å². The highest BCUT2D eigenvalue weighted by atomic mass is 35.5. The molecule has 0 atom stereocenters. The number of aromatic hydroxyl groups is 1. The van der Waals surface area contributed by atoms with Gasteiger partial charge in [0, 0.05) is 35.0 Å². The summed E-state index contributed by atoms with van der Waals surface area (Å²) in [6.07, 6.45) is 4.33. The Morgan fingerprint density at radius 2 is 1.81 bits per heavy atom. The van der Waals surface area contributed by atoms with E-state index in [-0.39, 0.29) is 5.88 Å². The molecule has 0 spiro atoms. The fourth-order valence-electron chi connectivity index (χ4n) is 4.02. The number of methoxy groups -OCH3 is 1. The van der Waals surface area contributed by atoms with Crippen molar-refractivity contribution >= 4 is 11.6 Å². The standard InChI is InChI=1S/C25H29ClN2O3/c1-18-9-12-27(13-10-18)15-16-31-24-17-19(7-8-23(24)30-2)28-14-11-21(25(28)29)20-5-3-4-6-22(20)26/h3-8,11,14,17-18,29H,9-10,12-13,15-16H2,1-2H3. The molecule has 0 amide bonds. The van der Waals surface area contributed by atoms with Crippen molar-refractivity contribution in [2.24, 2.45) is 5.92 Å². The largest absolute Gasteiger partial charge is 0.494 e. The van der Waals surface area contributed by atoms with E-state index in [1.165, 1.54) is 12.8 Å². The predicted octanol–water partition coefficient (Wildman–Crippen LogP) is 5.62. The van der Waals surface area contributed by atoms with Crippen molar-refractivity contribution < 1.29 is 14.6 Å². The zero-order chi connectivity index (χ0) is 21.8. The first-order chi connectivity index (χ1) is 15.1. The number of piperidine rings is 1. The summed E-state index contributed by atoms with van der Waals surface area (Å²) in [4.78, 5) is 2.45. The normalized spacial score (nSPS) is 15.2. The molecule has 4 rings (SSSR count). The number of aromatic nitrogens is 1. The Bertz CT molecular complexity index is 1030. The van der Waals surface area contributed by atoms with E-state index < -0.39 is 0 Å². The minimum Gasteiger partial charge on any atom is -0.494 e. The summed E-state index contributed by atoms with van der Waals surface area (Å²) in [6, 6.07) is 15.0. The molecule has 31 heavy (non-hydrogen) atoms. The minimum absolute atomic E-state index is 0.131. The monoisotopic (exact) mass is 440 g/mol. The molecule has 0 radical (unpaired) electrons. The molecule has 1 saturated heterocycles. The van der Waals surface area contributed by atoms with E-state index in [2.05, 4.69) is 11.8 Å². The summed E-state index contributed by atoms with van der Waals surface area (Å²) in [7, 11) is 1.64. The van der Waals surface area contributed by atoms with Gasteiger partial charge in [0.05, 0.1) is 12.8 Å². The van der Waals surface area contributed by atoms with Crippen molar-refractivity contribution in [3.8, 4) is 34.2 Å². The van der Waals surface area contributed by atoms with Crippen LogP contribution >= 0.6 is 11.6 Å². The number of hydrogen-bond donors (Lipinski definition) is 1. The van der Waals surface area contributed by atoms with Gasteiger partial charge in [-0.05, 0) is 56.1 Å². The first-order valence-electron chi connectivity index (χ1n) is 10.8. The van der Waals surface area contributed by atoms with E-state index >= 15 is 0 Å². The highest BCUT2D eigenvalue weighted by Gasteiger charge is 2.17. The Morgan fingerprint density at radius 3 is 2.55 bits per heavy atom. The molecule has 0 saturated carbocycles. The summed E-state index contributed by atoms with van der Waals surface area (Å²) in [5.74, 6) is 2.29. The molecular formula is C25H29ClN2O3. The van der Waals surface area contributed by atoms with Crippen LogP contribution in [0.2, 0.25) is 5.02 Å². The average Bonchev–Trinajstić information content (AvgIpc) is 3.16. The fraction of sp³-hybridized carbons (Fsp3) is 0.360. The molecule has 3 aromatic rings. The number of ether oxygens (including phenoxy) is 2. The van der Waals surface area contributed by atoms with Crippen LogP contribution in [0.15, 0.2) is 54.7 Å². The Morgan fingerprint density at radius 1 is 1.03 bits per heavy atom. The smallest absolute Gasteiger partial charge is 0.203 e. The topological polar surface area (TPSA) is 46.9 Å². The molecule has 2 aromatic carbocycles. The molecule has 2 heterocycles. The van der Waals surface area contributed by atoms with Gasteiger partial charge in [0.15, 0.2) is 11.5 Å². The van der Waals surface area contributed by atoms with Gasteiger partial charge in [-0.3, -0.25) is 9.47 Å². The molecule has 1 aliphatic rings. The first-order valence-corrected chi connectivity index (χ1v) is 11.1. The van der Waals surface area contributed by atoms with E-state index in [9.17, 15) is 5.11 Å². The van der Waals surface area contributed by atoms with E-state index in [1.54, 1.807) is 11.7 Å². The second kappa shape index (κ2) is 9.67. The molecule has 1 aliphatic heterocycles. The number of likely N-dealkylation sites (tertiary alicyclic amines) is 1. The maximum atomic E-state index is 10.9. The lowest BCUT2D eigenvalue weighted by Gasteiger charge is -2.30. The van der Waals surface area contributed by atoms with Crippen molar-refractivity contribution in [3.63, 3.8) is 0 Å². The van der Waals surface area contributed by atoms with Gasteiger partial charge in [0.25, 0.3) is 0 Å². The maximum absolute atomic E-state index is 10.9. The molecule has 5 nitrogen and oxygen atoms in total. The van der Waals surface area contributed by atoms with Crippen molar-refractivity contribution in [2.45, 2.75) is 19.8 Å². The van der Waals surface area contributed by atoms with Gasteiger partial charge >= 0.3 is 0 Å². The first kappa shape index (κ1) is 21.6. The van der Waals surface area contributed by atoms with Crippen molar-refractivity contribution in [3.05, 3.63) is 59.8 Å². The quantitative estimate of drug-likeness (QED) is 0.517. The molecule has 1 fully saturated rings. The van der Waals surface area contributed by atoms with E-state index in [1.807, 2.05) is 54.7 Å². The van der Waals surface area contributed by atoms with Crippen LogP contribution in [0.1, 0.15) is 19.8 Å². The van der Waals surface area contributed by atoms with Gasteiger partial charge in [-0.15, -0.1) is 0 Å². The Balaban J connectivity index is 1.52. The molecule has 0 aliphatic carbocycles. The van der Waals surface area contributed by atoms with Gasteiger partial charge in [0.1, 0.15) is 6.61 Å². The third-order valence-electron chi connectivity index (χ3n) is 5.99. The Hall–Kier alpha value is -2.63. The zero-order valence-electron chi connectivity index (χ0n) is 18.1. The van der Waals surface area contributed by atoms with Crippen LogP contribution in [0.25, 0.3) is 16.8 Å². The van der Waals surface area contributed by atoms with Crippen LogP contribution < -0.4 is 9.47 Å². The molecule has 0 bridgehead atoms. The van der Waals surface area contributed by atoms with Gasteiger partial charge in [-0.25, -0.2) is 0 Å². The second-order valence-electron chi connectivity index (χ2n) is 8.11. The van der Waals surface area contributed by atoms with Crippen LogP contribution in [-0.2, 0) is 0 Å². The third-order valence-corrected chi connectivity index (χ3v) is 6.32. The summed E-state index contributed by atoms with van der Waals surface area (Å²) in [6.45, 7) is 6.06. The molecule has 1 aromatic heterocycles. The lowest BCUT2D eigenvalue weighted by atomic mass is 9.99. The zero-order valence-corrected chi connectivity index (χ0v) is 18.8. The SMILES string of the molecule is COc1ccc(-n2ccc(-c3ccccc3Cl)c2O)cc1OCCN1CCC(C)CC1. The lowest BCUT2D eigenvalue weighted by Crippen LogP contribution is -2.35. The van der Waals surface area contributed by atoms with Crippen molar-refractivity contribution in [1.82, 2.24) is 9.47 Å². The fourth-order valence-corrected chi connectivity index (χ4v) is 4.26. The number of rotatable bonds is 7. The summed E-state index contributed by atoms with van der Waals surface area (Å²) in [5.41, 5.74) is 2.27. The minimum atomic E-state index is 0.131. The Kier molecular flexibility index (Phi) is 6.73. The maximum Gasteiger partial charge on any atom is 0.203 e. The van der Waals surface area contributed by atoms with Crippen LogP contribution in [-0.4, -0.2) is 47.9 Å². The van der Waals surface area contributed by atoms with Gasteiger partial charge in [0.2, 0.25) is 5.88 Å². The van der Waals surface area contributed by atoms with Crippen LogP contribution in [0.5, 0.6) is 17.4 Å². The second-order valence-corrected chi connectivity index (χ2v) is 8.52. The number of benzene rings is 2. The number of nitrogens with zero attached hydrogens (tertiary/aromatic N) is 2. The van der Waals surface area contributed by atoms with Gasteiger partial charge in [-0.2, -0.15) is 0 Å². The summed E-state index contributed by atoms with van der Waals surface area (Å²) >= 11 is 6.32. The van der Waals surface area contributed by atoms with Crippen molar-refractivity contribution in [2.75, 3.05) is 33.4 Å². The highest BCUT2D eigenvalue weighted by molar-refractivity contribution is 6.33.